The zero-order chi connectivity index (χ0) is 12.8. The molecule has 0 aromatic heterocycles. The molecule has 0 bridgehead atoms. The molecule has 18 heavy (non-hydrogen) atoms. The van der Waals surface area contributed by atoms with Crippen molar-refractivity contribution in [2.24, 2.45) is 5.73 Å². The molecule has 0 spiro atoms. The van der Waals surface area contributed by atoms with Gasteiger partial charge >= 0.3 is 0 Å². The predicted molar refractivity (Wildman–Crippen MR) is 76.8 cm³/mol. The Kier molecular flexibility index (Phi) is 5.89. The van der Waals surface area contributed by atoms with Gasteiger partial charge in [-0.3, -0.25) is 9.80 Å². The molecule has 2 N–H and O–H groups in total. The summed E-state index contributed by atoms with van der Waals surface area (Å²) in [4.78, 5) is 7.81. The normalized spacial score (nSPS) is 25.7. The van der Waals surface area contributed by atoms with Crippen LogP contribution in [0.25, 0.3) is 0 Å². The van der Waals surface area contributed by atoms with Crippen molar-refractivity contribution in [2.75, 3.05) is 58.9 Å². The first-order valence-corrected chi connectivity index (χ1v) is 7.72. The summed E-state index contributed by atoms with van der Waals surface area (Å²) in [5, 5.41) is 0. The van der Waals surface area contributed by atoms with E-state index in [1.165, 1.54) is 71.6 Å². The van der Waals surface area contributed by atoms with Gasteiger partial charge in [0.05, 0.1) is 0 Å². The van der Waals surface area contributed by atoms with Gasteiger partial charge in [0.1, 0.15) is 0 Å². The molecule has 2 saturated heterocycles. The van der Waals surface area contributed by atoms with E-state index in [2.05, 4.69) is 21.6 Å². The second-order valence-corrected chi connectivity index (χ2v) is 5.72. The van der Waals surface area contributed by atoms with Crippen LogP contribution in [0.2, 0.25) is 0 Å². The highest BCUT2D eigenvalue weighted by Gasteiger charge is 2.22. The van der Waals surface area contributed by atoms with Gasteiger partial charge in [-0.25, -0.2) is 0 Å². The summed E-state index contributed by atoms with van der Waals surface area (Å²) in [6, 6.07) is 0.603. The Morgan fingerprint density at radius 3 is 1.94 bits per heavy atom. The van der Waals surface area contributed by atoms with Crippen LogP contribution >= 0.6 is 0 Å². The molecule has 2 aliphatic heterocycles. The minimum Gasteiger partial charge on any atom is -0.329 e. The number of hydrogen-bond acceptors (Lipinski definition) is 4. The standard InChI is InChI=1S/C14H30N4/c1-2-14(13-15)18-11-9-17(10-12-18)8-7-16-5-3-4-6-16/h14H,2-13,15H2,1H3. The van der Waals surface area contributed by atoms with E-state index in [9.17, 15) is 0 Å². The lowest BCUT2D eigenvalue weighted by Crippen LogP contribution is -2.53. The summed E-state index contributed by atoms with van der Waals surface area (Å²) in [7, 11) is 0. The van der Waals surface area contributed by atoms with Gasteiger partial charge in [-0.2, -0.15) is 0 Å². The van der Waals surface area contributed by atoms with Crippen LogP contribution in [0, 0.1) is 0 Å². The van der Waals surface area contributed by atoms with E-state index in [-0.39, 0.29) is 0 Å². The van der Waals surface area contributed by atoms with Gasteiger partial charge in [-0.1, -0.05) is 6.92 Å². The summed E-state index contributed by atoms with van der Waals surface area (Å²) in [5.41, 5.74) is 5.83. The summed E-state index contributed by atoms with van der Waals surface area (Å²) in [6.07, 6.45) is 4.00. The molecule has 0 aliphatic carbocycles. The van der Waals surface area contributed by atoms with Crippen molar-refractivity contribution in [3.8, 4) is 0 Å². The molecule has 1 atom stereocenters. The zero-order valence-electron chi connectivity index (χ0n) is 12.0. The Balaban J connectivity index is 1.63. The Morgan fingerprint density at radius 2 is 1.44 bits per heavy atom. The van der Waals surface area contributed by atoms with Crippen molar-refractivity contribution in [3.63, 3.8) is 0 Å². The van der Waals surface area contributed by atoms with Crippen LogP contribution < -0.4 is 5.73 Å². The van der Waals surface area contributed by atoms with Crippen LogP contribution in [-0.4, -0.2) is 79.6 Å². The van der Waals surface area contributed by atoms with Crippen molar-refractivity contribution < 1.29 is 0 Å². The maximum atomic E-state index is 5.83. The highest BCUT2D eigenvalue weighted by Crippen LogP contribution is 2.10. The van der Waals surface area contributed by atoms with Crippen molar-refractivity contribution in [1.29, 1.82) is 0 Å². The molecular weight excluding hydrogens is 224 g/mol. The third-order valence-electron chi connectivity index (χ3n) is 4.60. The molecule has 4 nitrogen and oxygen atoms in total. The lowest BCUT2D eigenvalue weighted by molar-refractivity contribution is 0.0907. The molecule has 0 radical (unpaired) electrons. The molecule has 0 saturated carbocycles. The summed E-state index contributed by atoms with van der Waals surface area (Å²) in [5.74, 6) is 0. The van der Waals surface area contributed by atoms with E-state index in [1.54, 1.807) is 0 Å². The number of nitrogens with two attached hydrogens (primary N) is 1. The van der Waals surface area contributed by atoms with Crippen LogP contribution in [0.4, 0.5) is 0 Å². The van der Waals surface area contributed by atoms with Gasteiger partial charge < -0.3 is 10.6 Å². The Labute approximate surface area is 112 Å². The van der Waals surface area contributed by atoms with E-state index >= 15 is 0 Å². The first kappa shape index (κ1) is 14.3. The van der Waals surface area contributed by atoms with Crippen LogP contribution in [0.5, 0.6) is 0 Å². The predicted octanol–water partition coefficient (Wildman–Crippen LogP) is 0.437. The lowest BCUT2D eigenvalue weighted by Gasteiger charge is -2.39. The molecule has 106 valence electrons. The van der Waals surface area contributed by atoms with Crippen LogP contribution in [-0.2, 0) is 0 Å². The number of rotatable bonds is 6. The fourth-order valence-electron chi connectivity index (χ4n) is 3.22. The largest absolute Gasteiger partial charge is 0.329 e. The van der Waals surface area contributed by atoms with Gasteiger partial charge in [0.2, 0.25) is 0 Å². The van der Waals surface area contributed by atoms with Gasteiger partial charge in [0.25, 0.3) is 0 Å². The van der Waals surface area contributed by atoms with Gasteiger partial charge in [-0.15, -0.1) is 0 Å². The van der Waals surface area contributed by atoms with E-state index in [1.807, 2.05) is 0 Å². The molecule has 0 aromatic carbocycles. The van der Waals surface area contributed by atoms with E-state index in [0.717, 1.165) is 6.54 Å². The number of piperazine rings is 1. The number of nitrogens with zero attached hydrogens (tertiary/aromatic N) is 3. The second-order valence-electron chi connectivity index (χ2n) is 5.72. The van der Waals surface area contributed by atoms with Crippen LogP contribution in [0.3, 0.4) is 0 Å². The molecule has 1 unspecified atom stereocenters. The maximum Gasteiger partial charge on any atom is 0.0216 e. The quantitative estimate of drug-likeness (QED) is 0.746. The van der Waals surface area contributed by atoms with Gasteiger partial charge in [-0.05, 0) is 32.4 Å². The smallest absolute Gasteiger partial charge is 0.0216 e. The Bertz CT molecular complexity index is 216. The highest BCUT2D eigenvalue weighted by molar-refractivity contribution is 4.79. The van der Waals surface area contributed by atoms with Crippen molar-refractivity contribution in [3.05, 3.63) is 0 Å². The molecule has 2 fully saturated rings. The molecular formula is C14H30N4. The molecule has 2 heterocycles. The third-order valence-corrected chi connectivity index (χ3v) is 4.60. The monoisotopic (exact) mass is 254 g/mol. The summed E-state index contributed by atoms with van der Waals surface area (Å²) >= 11 is 0. The molecule has 2 aliphatic rings. The maximum absolute atomic E-state index is 5.83. The second kappa shape index (κ2) is 7.43. The molecule has 2 rings (SSSR count). The number of hydrogen-bond donors (Lipinski definition) is 1. The third kappa shape index (κ3) is 3.92. The van der Waals surface area contributed by atoms with Crippen LogP contribution in [0.1, 0.15) is 26.2 Å². The van der Waals surface area contributed by atoms with Crippen molar-refractivity contribution in [1.82, 2.24) is 14.7 Å². The minimum atomic E-state index is 0.603. The Hall–Kier alpha value is -0.160. The summed E-state index contributed by atoms with van der Waals surface area (Å²) in [6.45, 7) is 13.1. The van der Waals surface area contributed by atoms with Gasteiger partial charge in [0, 0.05) is 51.9 Å². The van der Waals surface area contributed by atoms with E-state index < -0.39 is 0 Å². The topological polar surface area (TPSA) is 35.7 Å². The lowest BCUT2D eigenvalue weighted by atomic mass is 10.1. The highest BCUT2D eigenvalue weighted by atomic mass is 15.3. The molecule has 0 aromatic rings. The Morgan fingerprint density at radius 1 is 0.889 bits per heavy atom. The SMILES string of the molecule is CCC(CN)N1CCN(CCN2CCCC2)CC1. The van der Waals surface area contributed by atoms with Crippen molar-refractivity contribution in [2.45, 2.75) is 32.2 Å². The van der Waals surface area contributed by atoms with E-state index in [4.69, 9.17) is 5.73 Å². The molecule has 4 heteroatoms. The first-order chi connectivity index (χ1) is 8.83. The van der Waals surface area contributed by atoms with E-state index in [0.29, 0.717) is 6.04 Å². The zero-order valence-corrected chi connectivity index (χ0v) is 12.0. The first-order valence-electron chi connectivity index (χ1n) is 7.72. The fraction of sp³-hybridized carbons (Fsp3) is 1.00. The van der Waals surface area contributed by atoms with Gasteiger partial charge in [0.15, 0.2) is 0 Å². The van der Waals surface area contributed by atoms with Crippen molar-refractivity contribution >= 4 is 0 Å². The summed E-state index contributed by atoms with van der Waals surface area (Å²) < 4.78 is 0. The molecule has 0 amide bonds. The minimum absolute atomic E-state index is 0.603. The fourth-order valence-corrected chi connectivity index (χ4v) is 3.22. The average molecular weight is 254 g/mol. The number of likely N-dealkylation sites (tertiary alicyclic amines) is 1. The van der Waals surface area contributed by atoms with Crippen LogP contribution in [0.15, 0.2) is 0 Å². The average Bonchev–Trinajstić information content (AvgIpc) is 2.92.